The summed E-state index contributed by atoms with van der Waals surface area (Å²) in [5.41, 5.74) is -1.80. The molecule has 3 fully saturated rings. The van der Waals surface area contributed by atoms with Gasteiger partial charge in [-0.1, -0.05) is 13.8 Å². The quantitative estimate of drug-likeness (QED) is 0.572. The third-order valence-electron chi connectivity index (χ3n) is 7.80. The molecule has 1 amide bonds. The SMILES string of the molecule is COc1ccc(N2CCN(C(=O)C34CCC(C)(C(=O)OC3=O)C4(C)C)CC2)cc1. The Labute approximate surface area is 170 Å². The number of amides is 1. The van der Waals surface area contributed by atoms with Gasteiger partial charge >= 0.3 is 11.9 Å². The van der Waals surface area contributed by atoms with E-state index in [9.17, 15) is 14.4 Å². The molecule has 0 N–H and O–H groups in total. The van der Waals surface area contributed by atoms with E-state index in [2.05, 4.69) is 4.90 Å². The Morgan fingerprint density at radius 1 is 0.966 bits per heavy atom. The van der Waals surface area contributed by atoms with Crippen LogP contribution in [0.15, 0.2) is 24.3 Å². The number of esters is 2. The van der Waals surface area contributed by atoms with Crippen molar-refractivity contribution >= 4 is 23.5 Å². The number of piperazine rings is 1. The van der Waals surface area contributed by atoms with Gasteiger partial charge in [-0.3, -0.25) is 14.4 Å². The molecular weight excluding hydrogens is 372 g/mol. The van der Waals surface area contributed by atoms with E-state index < -0.39 is 28.2 Å². The molecular formula is C22H28N2O5. The van der Waals surface area contributed by atoms with Gasteiger partial charge in [-0.25, -0.2) is 0 Å². The number of ether oxygens (including phenoxy) is 2. The molecule has 1 saturated carbocycles. The molecule has 2 unspecified atom stereocenters. The van der Waals surface area contributed by atoms with E-state index in [4.69, 9.17) is 9.47 Å². The Bertz CT molecular complexity index is 856. The molecule has 1 aromatic rings. The summed E-state index contributed by atoms with van der Waals surface area (Å²) >= 11 is 0. The summed E-state index contributed by atoms with van der Waals surface area (Å²) in [7, 11) is 1.64. The molecule has 2 atom stereocenters. The number of carbonyl (C=O) groups excluding carboxylic acids is 3. The summed E-state index contributed by atoms with van der Waals surface area (Å²) < 4.78 is 10.3. The maximum absolute atomic E-state index is 13.6. The summed E-state index contributed by atoms with van der Waals surface area (Å²) in [6.45, 7) is 7.97. The Hall–Kier alpha value is -2.57. The summed E-state index contributed by atoms with van der Waals surface area (Å²) in [5.74, 6) is -0.570. The number of nitrogens with zero attached hydrogens (tertiary/aromatic N) is 2. The molecule has 2 bridgehead atoms. The van der Waals surface area contributed by atoms with Crippen molar-refractivity contribution in [2.75, 3.05) is 38.2 Å². The number of hydrogen-bond acceptors (Lipinski definition) is 6. The van der Waals surface area contributed by atoms with Gasteiger partial charge < -0.3 is 19.3 Å². The van der Waals surface area contributed by atoms with Crippen molar-refractivity contribution in [1.29, 1.82) is 0 Å². The highest BCUT2D eigenvalue weighted by Crippen LogP contribution is 2.66. The van der Waals surface area contributed by atoms with Crippen molar-refractivity contribution in [2.45, 2.75) is 33.6 Å². The highest BCUT2D eigenvalue weighted by atomic mass is 16.6. The normalized spacial score (nSPS) is 30.9. The summed E-state index contributed by atoms with van der Waals surface area (Å²) in [6.07, 6.45) is 0.848. The van der Waals surface area contributed by atoms with Gasteiger partial charge in [0.2, 0.25) is 5.91 Å². The van der Waals surface area contributed by atoms with Crippen LogP contribution in [-0.2, 0) is 19.1 Å². The van der Waals surface area contributed by atoms with Crippen LogP contribution < -0.4 is 9.64 Å². The molecule has 3 aliphatic rings. The molecule has 7 nitrogen and oxygen atoms in total. The molecule has 4 rings (SSSR count). The van der Waals surface area contributed by atoms with E-state index in [1.54, 1.807) is 12.0 Å². The first-order chi connectivity index (χ1) is 13.7. The van der Waals surface area contributed by atoms with E-state index in [1.165, 1.54) is 0 Å². The molecule has 156 valence electrons. The average Bonchev–Trinajstić information content (AvgIpc) is 2.88. The fourth-order valence-corrected chi connectivity index (χ4v) is 5.22. The van der Waals surface area contributed by atoms with Crippen molar-refractivity contribution in [1.82, 2.24) is 4.90 Å². The van der Waals surface area contributed by atoms with Gasteiger partial charge in [0.05, 0.1) is 12.5 Å². The minimum atomic E-state index is -1.28. The first kappa shape index (κ1) is 19.7. The van der Waals surface area contributed by atoms with Gasteiger partial charge in [0.15, 0.2) is 5.41 Å². The second-order valence-corrected chi connectivity index (χ2v) is 9.02. The van der Waals surface area contributed by atoms with Gasteiger partial charge in [-0.05, 0) is 44.0 Å². The standard InChI is InChI=1S/C22H28N2O5/c1-20(2)21(3)9-10-22(20,19(27)29-18(21)26)17(25)24-13-11-23(12-14-24)15-5-7-16(28-4)8-6-15/h5-8H,9-14H2,1-4H3. The molecule has 0 aromatic heterocycles. The van der Waals surface area contributed by atoms with Crippen LogP contribution in [0.2, 0.25) is 0 Å². The number of fused-ring (bicyclic) bond motifs is 2. The fraction of sp³-hybridized carbons (Fsp3) is 0.591. The van der Waals surface area contributed by atoms with E-state index >= 15 is 0 Å². The first-order valence-corrected chi connectivity index (χ1v) is 10.1. The van der Waals surface area contributed by atoms with Crippen molar-refractivity contribution in [3.8, 4) is 5.75 Å². The fourth-order valence-electron chi connectivity index (χ4n) is 5.22. The van der Waals surface area contributed by atoms with Crippen LogP contribution in [-0.4, -0.2) is 56.0 Å². The number of cyclic esters (lactones) is 2. The second-order valence-electron chi connectivity index (χ2n) is 9.02. The van der Waals surface area contributed by atoms with Crippen LogP contribution in [0.4, 0.5) is 5.69 Å². The van der Waals surface area contributed by atoms with Crippen molar-refractivity contribution in [2.24, 2.45) is 16.2 Å². The minimum Gasteiger partial charge on any atom is -0.497 e. The van der Waals surface area contributed by atoms with Gasteiger partial charge in [0, 0.05) is 37.3 Å². The van der Waals surface area contributed by atoms with E-state index in [0.717, 1.165) is 11.4 Å². The molecule has 1 aromatic carbocycles. The number of anilines is 1. The van der Waals surface area contributed by atoms with Gasteiger partial charge in [0.1, 0.15) is 5.75 Å². The molecule has 0 radical (unpaired) electrons. The van der Waals surface area contributed by atoms with Crippen LogP contribution in [0.3, 0.4) is 0 Å². The zero-order valence-electron chi connectivity index (χ0n) is 17.5. The summed E-state index contributed by atoms with van der Waals surface area (Å²) in [4.78, 5) is 42.9. The average molecular weight is 400 g/mol. The van der Waals surface area contributed by atoms with Gasteiger partial charge in [-0.15, -0.1) is 0 Å². The predicted molar refractivity (Wildman–Crippen MR) is 106 cm³/mol. The largest absolute Gasteiger partial charge is 0.497 e. The maximum Gasteiger partial charge on any atom is 0.329 e. The zero-order chi connectivity index (χ0) is 21.0. The molecule has 2 saturated heterocycles. The first-order valence-electron chi connectivity index (χ1n) is 10.1. The molecule has 1 aliphatic carbocycles. The van der Waals surface area contributed by atoms with Crippen LogP contribution in [0.1, 0.15) is 33.6 Å². The number of hydrogen-bond donors (Lipinski definition) is 0. The van der Waals surface area contributed by atoms with Crippen LogP contribution in [0.25, 0.3) is 0 Å². The van der Waals surface area contributed by atoms with Crippen LogP contribution in [0.5, 0.6) is 5.75 Å². The monoisotopic (exact) mass is 400 g/mol. The lowest BCUT2D eigenvalue weighted by Gasteiger charge is -2.50. The lowest BCUT2D eigenvalue weighted by molar-refractivity contribution is -0.199. The van der Waals surface area contributed by atoms with Gasteiger partial charge in [0.25, 0.3) is 0 Å². The Morgan fingerprint density at radius 2 is 1.59 bits per heavy atom. The third-order valence-corrected chi connectivity index (χ3v) is 7.80. The van der Waals surface area contributed by atoms with Crippen LogP contribution >= 0.6 is 0 Å². The molecule has 2 heterocycles. The zero-order valence-corrected chi connectivity index (χ0v) is 17.5. The topological polar surface area (TPSA) is 76.2 Å². The minimum absolute atomic E-state index is 0.196. The molecule has 7 heteroatoms. The highest BCUT2D eigenvalue weighted by molar-refractivity contribution is 6.11. The van der Waals surface area contributed by atoms with Crippen molar-refractivity contribution in [3.05, 3.63) is 24.3 Å². The van der Waals surface area contributed by atoms with E-state index in [-0.39, 0.29) is 5.91 Å². The number of carbonyl (C=O) groups is 3. The predicted octanol–water partition coefficient (Wildman–Crippen LogP) is 2.24. The smallest absolute Gasteiger partial charge is 0.329 e. The second kappa shape index (κ2) is 6.47. The lowest BCUT2D eigenvalue weighted by atomic mass is 9.56. The summed E-state index contributed by atoms with van der Waals surface area (Å²) in [6, 6.07) is 7.85. The Balaban J connectivity index is 1.52. The van der Waals surface area contributed by atoms with Crippen molar-refractivity contribution < 1.29 is 23.9 Å². The van der Waals surface area contributed by atoms with Gasteiger partial charge in [-0.2, -0.15) is 0 Å². The Morgan fingerprint density at radius 3 is 2.17 bits per heavy atom. The van der Waals surface area contributed by atoms with Crippen LogP contribution in [0, 0.1) is 16.2 Å². The third kappa shape index (κ3) is 2.52. The van der Waals surface area contributed by atoms with E-state index in [1.807, 2.05) is 45.0 Å². The maximum atomic E-state index is 13.6. The summed E-state index contributed by atoms with van der Waals surface area (Å²) in [5, 5.41) is 0. The number of rotatable bonds is 3. The highest BCUT2D eigenvalue weighted by Gasteiger charge is 2.75. The molecule has 29 heavy (non-hydrogen) atoms. The number of benzene rings is 1. The molecule has 2 aliphatic heterocycles. The van der Waals surface area contributed by atoms with Crippen molar-refractivity contribution in [3.63, 3.8) is 0 Å². The lowest BCUT2D eigenvalue weighted by Crippen LogP contribution is -2.64. The molecule has 0 spiro atoms. The Kier molecular flexibility index (Phi) is 4.40. The number of methoxy groups -OCH3 is 1. The van der Waals surface area contributed by atoms with E-state index in [0.29, 0.717) is 39.0 Å².